The summed E-state index contributed by atoms with van der Waals surface area (Å²) >= 11 is 0. The highest BCUT2D eigenvalue weighted by molar-refractivity contribution is 5.82. The Kier molecular flexibility index (Phi) is 4.48. The Morgan fingerprint density at radius 2 is 2.07 bits per heavy atom. The van der Waals surface area contributed by atoms with Crippen molar-refractivity contribution in [3.8, 4) is 18.0 Å². The molecule has 0 spiro atoms. The number of hydrogen-bond acceptors (Lipinski definition) is 2. The van der Waals surface area contributed by atoms with Crippen molar-refractivity contribution in [1.82, 2.24) is 9.78 Å². The summed E-state index contributed by atoms with van der Waals surface area (Å²) in [5, 5.41) is 16.5. The molecule has 2 aromatic carbocycles. The molecule has 154 valence electrons. The second kappa shape index (κ2) is 6.96. The van der Waals surface area contributed by atoms with Crippen molar-refractivity contribution in [2.45, 2.75) is 62.9 Å². The number of aryl methyl sites for hydroxylation is 1. The van der Waals surface area contributed by atoms with E-state index in [0.29, 0.717) is 18.8 Å². The van der Waals surface area contributed by atoms with Gasteiger partial charge in [-0.15, -0.1) is 6.42 Å². The summed E-state index contributed by atoms with van der Waals surface area (Å²) in [6.07, 6.45) is 14.1. The van der Waals surface area contributed by atoms with E-state index in [9.17, 15) is 9.50 Å². The Balaban J connectivity index is 1.64. The fraction of sp³-hybridized carbons (Fsp3) is 0.423. The summed E-state index contributed by atoms with van der Waals surface area (Å²) in [6, 6.07) is 11.1. The molecule has 0 aliphatic heterocycles. The lowest BCUT2D eigenvalue weighted by molar-refractivity contribution is -0.00457. The third-order valence-corrected chi connectivity index (χ3v) is 7.65. The zero-order valence-electron chi connectivity index (χ0n) is 17.4. The minimum Gasteiger partial charge on any atom is -0.378 e. The van der Waals surface area contributed by atoms with Crippen LogP contribution in [0.15, 0.2) is 42.6 Å². The van der Waals surface area contributed by atoms with Crippen LogP contribution in [0.5, 0.6) is 0 Å². The van der Waals surface area contributed by atoms with E-state index in [2.05, 4.69) is 30.1 Å². The maximum Gasteiger partial charge on any atom is 0.125 e. The number of rotatable bonds is 2. The molecule has 1 heterocycles. The van der Waals surface area contributed by atoms with E-state index < -0.39 is 5.60 Å². The molecular formula is C26H27FN2O. The van der Waals surface area contributed by atoms with Crippen LogP contribution < -0.4 is 0 Å². The smallest absolute Gasteiger partial charge is 0.125 e. The van der Waals surface area contributed by atoms with Gasteiger partial charge in [-0.1, -0.05) is 12.8 Å². The predicted octanol–water partition coefficient (Wildman–Crippen LogP) is 5.31. The topological polar surface area (TPSA) is 38.1 Å². The van der Waals surface area contributed by atoms with Gasteiger partial charge in [0.2, 0.25) is 0 Å². The first kappa shape index (κ1) is 19.3. The number of halogens is 1. The molecule has 1 unspecified atom stereocenters. The second-order valence-corrected chi connectivity index (χ2v) is 9.08. The molecule has 1 saturated carbocycles. The summed E-state index contributed by atoms with van der Waals surface area (Å²) in [4.78, 5) is 0. The van der Waals surface area contributed by atoms with Crippen LogP contribution in [-0.4, -0.2) is 20.5 Å². The molecule has 4 heteroatoms. The number of hydrogen-bond donors (Lipinski definition) is 1. The van der Waals surface area contributed by atoms with Gasteiger partial charge in [0.25, 0.3) is 0 Å². The Morgan fingerprint density at radius 1 is 1.27 bits per heavy atom. The second-order valence-electron chi connectivity index (χ2n) is 9.08. The van der Waals surface area contributed by atoms with Crippen molar-refractivity contribution in [2.24, 2.45) is 5.92 Å². The first-order valence-electron chi connectivity index (χ1n) is 11.0. The molecule has 0 radical (unpaired) electrons. The largest absolute Gasteiger partial charge is 0.378 e. The molecular weight excluding hydrogens is 375 g/mol. The van der Waals surface area contributed by atoms with E-state index in [-0.39, 0.29) is 11.2 Å². The van der Waals surface area contributed by atoms with Gasteiger partial charge < -0.3 is 5.11 Å². The Labute approximate surface area is 176 Å². The quantitative estimate of drug-likeness (QED) is 0.590. The highest BCUT2D eigenvalue weighted by Gasteiger charge is 2.49. The molecule has 0 amide bonds. The summed E-state index contributed by atoms with van der Waals surface area (Å²) in [5.41, 5.74) is 3.80. The summed E-state index contributed by atoms with van der Waals surface area (Å²) in [5.74, 6) is 2.82. The van der Waals surface area contributed by atoms with Crippen molar-refractivity contribution in [3.05, 3.63) is 59.5 Å². The Morgan fingerprint density at radius 3 is 2.80 bits per heavy atom. The number of fused-ring (bicyclic) bond motifs is 4. The van der Waals surface area contributed by atoms with Crippen molar-refractivity contribution in [3.63, 3.8) is 0 Å². The zero-order chi connectivity index (χ0) is 20.9. The van der Waals surface area contributed by atoms with E-state index >= 15 is 0 Å². The fourth-order valence-corrected chi connectivity index (χ4v) is 5.97. The number of benzene rings is 2. The molecule has 0 bridgehead atoms. The number of aliphatic hydroxyl groups is 1. The zero-order valence-corrected chi connectivity index (χ0v) is 17.4. The first-order chi connectivity index (χ1) is 14.5. The number of aromatic nitrogens is 2. The maximum absolute atomic E-state index is 13.4. The molecule has 3 atom stereocenters. The molecule has 3 nitrogen and oxygen atoms in total. The van der Waals surface area contributed by atoms with Crippen LogP contribution in [0.1, 0.15) is 56.6 Å². The van der Waals surface area contributed by atoms with Gasteiger partial charge in [-0.25, -0.2) is 9.07 Å². The minimum atomic E-state index is -0.967. The third kappa shape index (κ3) is 2.87. The lowest BCUT2D eigenvalue weighted by atomic mass is 9.57. The molecule has 1 aromatic heterocycles. The van der Waals surface area contributed by atoms with Crippen LogP contribution in [-0.2, 0) is 11.8 Å². The third-order valence-electron chi connectivity index (χ3n) is 7.65. The summed E-state index contributed by atoms with van der Waals surface area (Å²) < 4.78 is 15.3. The molecule has 1 N–H and O–H groups in total. The first-order valence-corrected chi connectivity index (χ1v) is 11.0. The van der Waals surface area contributed by atoms with Gasteiger partial charge in [-0.3, -0.25) is 0 Å². The predicted molar refractivity (Wildman–Crippen MR) is 117 cm³/mol. The minimum absolute atomic E-state index is 0.0566. The maximum atomic E-state index is 13.4. The van der Waals surface area contributed by atoms with Gasteiger partial charge in [-0.05, 0) is 104 Å². The van der Waals surface area contributed by atoms with Crippen molar-refractivity contribution in [1.29, 1.82) is 0 Å². The normalized spacial score (nSPS) is 28.4. The van der Waals surface area contributed by atoms with Crippen molar-refractivity contribution < 1.29 is 9.50 Å². The molecule has 3 aromatic rings. The van der Waals surface area contributed by atoms with E-state index in [0.717, 1.165) is 48.7 Å². The van der Waals surface area contributed by atoms with Gasteiger partial charge in [0, 0.05) is 5.39 Å². The van der Waals surface area contributed by atoms with E-state index in [4.69, 9.17) is 6.42 Å². The summed E-state index contributed by atoms with van der Waals surface area (Å²) in [7, 11) is 0. The van der Waals surface area contributed by atoms with Crippen molar-refractivity contribution in [2.75, 3.05) is 0 Å². The molecule has 2 aliphatic rings. The average Bonchev–Trinajstić information content (AvgIpc) is 3.10. The van der Waals surface area contributed by atoms with Gasteiger partial charge >= 0.3 is 0 Å². The fourth-order valence-electron chi connectivity index (χ4n) is 5.97. The number of nitrogens with zero attached hydrogens (tertiary/aromatic N) is 2. The average molecular weight is 403 g/mol. The van der Waals surface area contributed by atoms with Gasteiger partial charge in [0.05, 0.1) is 17.4 Å². The van der Waals surface area contributed by atoms with Crippen LogP contribution in [0.2, 0.25) is 0 Å². The molecule has 5 rings (SSSR count). The standard InChI is InChI=1S/C26H27FN2O/c1-3-25(30)12-13-26(4-2)20(16-25)7-5-6-18-15-24-19(14-23(18)26)17-28-29(24)22-10-8-21(27)9-11-22/h1,8-11,14-15,17,20,30H,4-7,12-13,16H2,2H3/t20?,25-,26-/m0/s1. The highest BCUT2D eigenvalue weighted by Crippen LogP contribution is 2.54. The monoisotopic (exact) mass is 402 g/mol. The van der Waals surface area contributed by atoms with Gasteiger partial charge in [-0.2, -0.15) is 5.10 Å². The lowest BCUT2D eigenvalue weighted by Crippen LogP contribution is -2.47. The number of terminal acetylenes is 1. The molecule has 2 aliphatic carbocycles. The molecule has 30 heavy (non-hydrogen) atoms. The Bertz CT molecular complexity index is 1140. The Hall–Kier alpha value is -2.64. The molecule has 0 saturated heterocycles. The molecule has 1 fully saturated rings. The van der Waals surface area contributed by atoms with Gasteiger partial charge in [0.15, 0.2) is 0 Å². The van der Waals surface area contributed by atoms with Crippen LogP contribution in [0.3, 0.4) is 0 Å². The van der Waals surface area contributed by atoms with E-state index in [1.165, 1.54) is 23.3 Å². The van der Waals surface area contributed by atoms with Crippen LogP contribution in [0, 0.1) is 24.1 Å². The van der Waals surface area contributed by atoms with Crippen LogP contribution in [0.4, 0.5) is 4.39 Å². The highest BCUT2D eigenvalue weighted by atomic mass is 19.1. The van der Waals surface area contributed by atoms with E-state index in [1.54, 1.807) is 12.1 Å². The summed E-state index contributed by atoms with van der Waals surface area (Å²) in [6.45, 7) is 2.27. The van der Waals surface area contributed by atoms with E-state index in [1.807, 2.05) is 10.9 Å². The SMILES string of the molecule is C#C[C@]1(O)CC[C@]2(CC)c3cc4cnn(-c5ccc(F)cc5)c4cc3CCCC2C1. The van der Waals surface area contributed by atoms with Crippen molar-refractivity contribution >= 4 is 10.9 Å². The van der Waals surface area contributed by atoms with Crippen LogP contribution >= 0.6 is 0 Å². The van der Waals surface area contributed by atoms with Gasteiger partial charge in [0.1, 0.15) is 11.4 Å². The van der Waals surface area contributed by atoms with Crippen LogP contribution in [0.25, 0.3) is 16.6 Å². The lowest BCUT2D eigenvalue weighted by Gasteiger charge is -2.48.